The Morgan fingerprint density at radius 1 is 1.13 bits per heavy atom. The van der Waals surface area contributed by atoms with Gasteiger partial charge in [-0.1, -0.05) is 30.8 Å². The summed E-state index contributed by atoms with van der Waals surface area (Å²) in [5, 5.41) is 22.2. The van der Waals surface area contributed by atoms with Crippen molar-refractivity contribution < 1.29 is 19.4 Å². The number of aromatic nitrogens is 3. The minimum absolute atomic E-state index is 0.0531. The van der Waals surface area contributed by atoms with Gasteiger partial charge in [0.15, 0.2) is 0 Å². The molecule has 1 aromatic heterocycles. The van der Waals surface area contributed by atoms with Crippen LogP contribution in [0.2, 0.25) is 0 Å². The van der Waals surface area contributed by atoms with Crippen LogP contribution in [0.3, 0.4) is 0 Å². The van der Waals surface area contributed by atoms with Crippen LogP contribution in [-0.2, 0) is 20.7 Å². The lowest BCUT2D eigenvalue weighted by Crippen LogP contribution is -2.25. The number of esters is 1. The summed E-state index contributed by atoms with van der Waals surface area (Å²) in [6.07, 6.45) is 1.11. The third kappa shape index (κ3) is 5.22. The number of hydrogen-bond donors (Lipinski definition) is 2. The number of ether oxygens (including phenoxy) is 1. The van der Waals surface area contributed by atoms with E-state index in [0.29, 0.717) is 36.2 Å². The number of nitrogens with one attached hydrogen (secondary N) is 1. The molecule has 2 N–H and O–H groups in total. The normalized spacial score (nSPS) is 10.7. The van der Waals surface area contributed by atoms with Gasteiger partial charge in [0.05, 0.1) is 6.61 Å². The van der Waals surface area contributed by atoms with Crippen molar-refractivity contribution in [2.75, 3.05) is 13.2 Å². The van der Waals surface area contributed by atoms with Crippen molar-refractivity contribution in [1.82, 2.24) is 20.3 Å². The van der Waals surface area contributed by atoms with E-state index in [-0.39, 0.29) is 24.7 Å². The highest BCUT2D eigenvalue weighted by atomic mass is 16.5. The number of benzene rings is 2. The maximum Gasteiger partial charge on any atom is 0.333 e. The number of phenolic OH excluding ortho intramolecular Hbond substituents is 1. The van der Waals surface area contributed by atoms with E-state index >= 15 is 0 Å². The molecule has 0 aliphatic heterocycles. The highest BCUT2D eigenvalue weighted by molar-refractivity contribution is 5.86. The topological polar surface area (TPSA) is 106 Å². The zero-order valence-corrected chi connectivity index (χ0v) is 16.8. The van der Waals surface area contributed by atoms with Gasteiger partial charge < -0.3 is 15.2 Å². The molecule has 0 radical (unpaired) electrons. The summed E-state index contributed by atoms with van der Waals surface area (Å²) in [5.41, 5.74) is 2.91. The summed E-state index contributed by atoms with van der Waals surface area (Å²) in [4.78, 5) is 24.7. The Kier molecular flexibility index (Phi) is 6.79. The van der Waals surface area contributed by atoms with Crippen LogP contribution in [0.1, 0.15) is 25.3 Å². The minimum atomic E-state index is -0.434. The van der Waals surface area contributed by atoms with Crippen LogP contribution in [0.15, 0.2) is 54.6 Å². The average molecular weight is 408 g/mol. The number of carbonyl (C=O) groups is 2. The van der Waals surface area contributed by atoms with Gasteiger partial charge in [0, 0.05) is 18.5 Å². The molecule has 3 aromatic rings. The predicted molar refractivity (Wildman–Crippen MR) is 112 cm³/mol. The summed E-state index contributed by atoms with van der Waals surface area (Å²) < 4.78 is 4.97. The van der Waals surface area contributed by atoms with Gasteiger partial charge in [-0.3, -0.25) is 4.79 Å². The van der Waals surface area contributed by atoms with Crippen LogP contribution in [0.4, 0.5) is 0 Å². The lowest BCUT2D eigenvalue weighted by molar-refractivity contribution is -0.138. The van der Waals surface area contributed by atoms with Crippen molar-refractivity contribution in [2.45, 2.75) is 26.2 Å². The molecular weight excluding hydrogens is 384 g/mol. The Balaban J connectivity index is 1.52. The molecule has 0 bridgehead atoms. The summed E-state index contributed by atoms with van der Waals surface area (Å²) in [7, 11) is 0. The summed E-state index contributed by atoms with van der Waals surface area (Å²) in [6.45, 7) is 5.71. The van der Waals surface area contributed by atoms with E-state index in [2.05, 4.69) is 22.1 Å². The molecular formula is C22H24N4O4. The number of aryl methyl sites for hydroxylation is 1. The second kappa shape index (κ2) is 9.69. The van der Waals surface area contributed by atoms with E-state index in [1.807, 2.05) is 24.3 Å². The monoisotopic (exact) mass is 408 g/mol. The maximum atomic E-state index is 12.1. The quantitative estimate of drug-likeness (QED) is 0.320. The van der Waals surface area contributed by atoms with Crippen molar-refractivity contribution in [3.05, 3.63) is 60.2 Å². The molecule has 1 heterocycles. The molecule has 0 saturated heterocycles. The lowest BCUT2D eigenvalue weighted by Gasteiger charge is -2.09. The van der Waals surface area contributed by atoms with Crippen LogP contribution >= 0.6 is 0 Å². The van der Waals surface area contributed by atoms with Gasteiger partial charge in [0.2, 0.25) is 5.91 Å². The molecule has 0 atom stereocenters. The zero-order chi connectivity index (χ0) is 21.5. The van der Waals surface area contributed by atoms with Gasteiger partial charge in [0.1, 0.15) is 22.5 Å². The van der Waals surface area contributed by atoms with E-state index in [9.17, 15) is 14.7 Å². The van der Waals surface area contributed by atoms with Crippen LogP contribution < -0.4 is 5.32 Å². The van der Waals surface area contributed by atoms with Crippen molar-refractivity contribution in [1.29, 1.82) is 0 Å². The summed E-state index contributed by atoms with van der Waals surface area (Å²) in [5.74, 6) is -0.525. The highest BCUT2D eigenvalue weighted by Crippen LogP contribution is 2.27. The van der Waals surface area contributed by atoms with Crippen LogP contribution in [0, 0.1) is 0 Å². The van der Waals surface area contributed by atoms with Gasteiger partial charge in [-0.05, 0) is 43.5 Å². The molecule has 0 aliphatic rings. The molecule has 0 spiro atoms. The van der Waals surface area contributed by atoms with Crippen LogP contribution in [-0.4, -0.2) is 45.1 Å². The van der Waals surface area contributed by atoms with Gasteiger partial charge in [0.25, 0.3) is 0 Å². The first-order valence-electron chi connectivity index (χ1n) is 9.68. The molecule has 0 saturated carbocycles. The highest BCUT2D eigenvalue weighted by Gasteiger charge is 2.13. The molecule has 8 heteroatoms. The molecule has 3 rings (SSSR count). The molecule has 30 heavy (non-hydrogen) atoms. The summed E-state index contributed by atoms with van der Waals surface area (Å²) in [6, 6.07) is 12.7. The van der Waals surface area contributed by atoms with E-state index in [0.717, 1.165) is 11.0 Å². The SMILES string of the molecule is C=C(C)C(=O)OCCCNC(=O)CCc1cccc(-n2nc3ccccc3n2)c1O. The standard InChI is InChI=1S/C22H24N4O4/c1-15(2)22(29)30-14-6-13-23-20(27)12-11-16-7-5-10-19(21(16)28)26-24-17-8-3-4-9-18(17)25-26/h3-5,7-10,28H,1,6,11-14H2,2H3,(H,23,27). The van der Waals surface area contributed by atoms with Gasteiger partial charge in [-0.2, -0.15) is 0 Å². The fraction of sp³-hybridized carbons (Fsp3) is 0.273. The Morgan fingerprint density at radius 2 is 1.83 bits per heavy atom. The molecule has 0 fully saturated rings. The number of aromatic hydroxyl groups is 1. The number of nitrogens with zero attached hydrogens (tertiary/aromatic N) is 3. The third-order valence-electron chi connectivity index (χ3n) is 4.45. The number of fused-ring (bicyclic) bond motifs is 1. The smallest absolute Gasteiger partial charge is 0.333 e. The fourth-order valence-electron chi connectivity index (χ4n) is 2.83. The first-order chi connectivity index (χ1) is 14.5. The second-order valence-electron chi connectivity index (χ2n) is 6.88. The number of amides is 1. The molecule has 0 aliphatic carbocycles. The summed E-state index contributed by atoms with van der Waals surface area (Å²) >= 11 is 0. The van der Waals surface area contributed by atoms with Crippen molar-refractivity contribution >= 4 is 22.9 Å². The molecule has 2 aromatic carbocycles. The molecule has 8 nitrogen and oxygen atoms in total. The predicted octanol–water partition coefficient (Wildman–Crippen LogP) is 2.68. The van der Waals surface area contributed by atoms with E-state index in [1.165, 1.54) is 4.80 Å². The molecule has 0 unspecified atom stereocenters. The van der Waals surface area contributed by atoms with E-state index < -0.39 is 5.97 Å². The number of carbonyl (C=O) groups excluding carboxylic acids is 2. The zero-order valence-electron chi connectivity index (χ0n) is 16.8. The largest absolute Gasteiger partial charge is 0.505 e. The third-order valence-corrected chi connectivity index (χ3v) is 4.45. The first kappa shape index (κ1) is 21.0. The Bertz CT molecular complexity index is 1040. The average Bonchev–Trinajstić information content (AvgIpc) is 3.16. The van der Waals surface area contributed by atoms with E-state index in [1.54, 1.807) is 25.1 Å². The second-order valence-corrected chi connectivity index (χ2v) is 6.88. The number of hydrogen-bond acceptors (Lipinski definition) is 6. The van der Waals surface area contributed by atoms with Gasteiger partial charge in [-0.25, -0.2) is 4.79 Å². The van der Waals surface area contributed by atoms with Crippen molar-refractivity contribution in [2.24, 2.45) is 0 Å². The van der Waals surface area contributed by atoms with Crippen molar-refractivity contribution in [3.8, 4) is 11.4 Å². The van der Waals surface area contributed by atoms with Crippen molar-refractivity contribution in [3.63, 3.8) is 0 Å². The Hall–Kier alpha value is -3.68. The van der Waals surface area contributed by atoms with Crippen LogP contribution in [0.25, 0.3) is 16.7 Å². The number of para-hydroxylation sites is 1. The molecule has 1 amide bonds. The number of rotatable bonds is 9. The van der Waals surface area contributed by atoms with Gasteiger partial charge in [-0.15, -0.1) is 15.0 Å². The maximum absolute atomic E-state index is 12.1. The number of phenols is 1. The van der Waals surface area contributed by atoms with E-state index in [4.69, 9.17) is 4.74 Å². The Labute approximate surface area is 174 Å². The first-order valence-corrected chi connectivity index (χ1v) is 9.68. The fourth-order valence-corrected chi connectivity index (χ4v) is 2.83. The lowest BCUT2D eigenvalue weighted by atomic mass is 10.1. The molecule has 156 valence electrons. The Morgan fingerprint density at radius 3 is 2.50 bits per heavy atom. The van der Waals surface area contributed by atoms with Gasteiger partial charge >= 0.3 is 5.97 Å². The van der Waals surface area contributed by atoms with Crippen LogP contribution in [0.5, 0.6) is 5.75 Å². The minimum Gasteiger partial charge on any atom is -0.505 e.